The zero-order chi connectivity index (χ0) is 13.6. The Hall–Kier alpha value is -0.800. The zero-order valence-corrected chi connectivity index (χ0v) is 13.3. The predicted molar refractivity (Wildman–Crippen MR) is 84.8 cm³/mol. The van der Waals surface area contributed by atoms with E-state index in [2.05, 4.69) is 46.5 Å². The zero-order valence-electron chi connectivity index (χ0n) is 11.7. The Labute approximate surface area is 123 Å². The molecule has 19 heavy (non-hydrogen) atoms. The van der Waals surface area contributed by atoms with Crippen LogP contribution in [0.2, 0.25) is 0 Å². The molecule has 2 heterocycles. The summed E-state index contributed by atoms with van der Waals surface area (Å²) in [6, 6.07) is 4.74. The fourth-order valence-corrected chi connectivity index (χ4v) is 3.87. The van der Waals surface area contributed by atoms with Crippen molar-refractivity contribution < 1.29 is 0 Å². The van der Waals surface area contributed by atoms with Crippen molar-refractivity contribution in [2.45, 2.75) is 45.6 Å². The normalized spacial score (nSPS) is 16.0. The number of aromatic nitrogens is 1. The quantitative estimate of drug-likeness (QED) is 0.906. The fraction of sp³-hybridized carbons (Fsp3) is 0.500. The second-order valence-electron chi connectivity index (χ2n) is 5.57. The number of hydrogen-bond donors (Lipinski definition) is 1. The van der Waals surface area contributed by atoms with Crippen LogP contribution in [0, 0.1) is 6.92 Å². The smallest absolute Gasteiger partial charge is 0.0526 e. The van der Waals surface area contributed by atoms with Crippen molar-refractivity contribution in [2.24, 2.45) is 5.73 Å². The number of rotatable bonds is 3. The highest BCUT2D eigenvalue weighted by Crippen LogP contribution is 2.38. The van der Waals surface area contributed by atoms with Gasteiger partial charge in [-0.2, -0.15) is 0 Å². The monoisotopic (exact) mass is 320 g/mol. The van der Waals surface area contributed by atoms with Gasteiger partial charge in [0, 0.05) is 22.1 Å². The first-order chi connectivity index (χ1) is 9.17. The first-order valence-electron chi connectivity index (χ1n) is 7.18. The SMILES string of the molecule is CCC(CN)c1cc2c3c(c1)c(Br)c(C)n3CCC2. The van der Waals surface area contributed by atoms with Crippen LogP contribution in [0.25, 0.3) is 10.9 Å². The van der Waals surface area contributed by atoms with E-state index in [1.807, 2.05) is 0 Å². The molecule has 0 amide bonds. The molecular formula is C16H21BrN2. The number of halogens is 1. The molecule has 3 heteroatoms. The second-order valence-corrected chi connectivity index (χ2v) is 6.36. The van der Waals surface area contributed by atoms with E-state index in [0.717, 1.165) is 19.5 Å². The molecule has 1 aromatic heterocycles. The highest BCUT2D eigenvalue weighted by molar-refractivity contribution is 9.10. The van der Waals surface area contributed by atoms with Gasteiger partial charge in [0.2, 0.25) is 0 Å². The van der Waals surface area contributed by atoms with Gasteiger partial charge in [0.25, 0.3) is 0 Å². The van der Waals surface area contributed by atoms with E-state index >= 15 is 0 Å². The topological polar surface area (TPSA) is 30.9 Å². The van der Waals surface area contributed by atoms with Crippen LogP contribution in [0.15, 0.2) is 16.6 Å². The summed E-state index contributed by atoms with van der Waals surface area (Å²) in [5.41, 5.74) is 11.6. The van der Waals surface area contributed by atoms with E-state index < -0.39 is 0 Å². The van der Waals surface area contributed by atoms with Gasteiger partial charge in [0.1, 0.15) is 0 Å². The third-order valence-corrected chi connectivity index (χ3v) is 5.52. The van der Waals surface area contributed by atoms with Gasteiger partial charge >= 0.3 is 0 Å². The average molecular weight is 321 g/mol. The number of nitrogens with zero attached hydrogens (tertiary/aromatic N) is 1. The van der Waals surface area contributed by atoms with Crippen LogP contribution in [0.3, 0.4) is 0 Å². The van der Waals surface area contributed by atoms with Gasteiger partial charge in [-0.15, -0.1) is 0 Å². The lowest BCUT2D eigenvalue weighted by Crippen LogP contribution is -2.13. The van der Waals surface area contributed by atoms with Gasteiger partial charge in [0.15, 0.2) is 0 Å². The third-order valence-electron chi connectivity index (χ3n) is 4.52. The van der Waals surface area contributed by atoms with Crippen molar-refractivity contribution in [3.63, 3.8) is 0 Å². The molecule has 2 N–H and O–H groups in total. The standard InChI is InChI=1S/C16H21BrN2/c1-3-11(9-18)13-7-12-5-4-6-19-10(2)15(17)14(8-13)16(12)19/h7-8,11H,3-6,9,18H2,1-2H3. The molecular weight excluding hydrogens is 300 g/mol. The summed E-state index contributed by atoms with van der Waals surface area (Å²) in [5, 5.41) is 1.37. The van der Waals surface area contributed by atoms with Gasteiger partial charge in [-0.3, -0.25) is 0 Å². The summed E-state index contributed by atoms with van der Waals surface area (Å²) in [6.07, 6.45) is 3.55. The van der Waals surface area contributed by atoms with Crippen molar-refractivity contribution >= 4 is 26.8 Å². The predicted octanol–water partition coefficient (Wildman–Crippen LogP) is 4.11. The highest BCUT2D eigenvalue weighted by Gasteiger charge is 2.21. The summed E-state index contributed by atoms with van der Waals surface area (Å²) >= 11 is 3.78. The minimum absolute atomic E-state index is 0.484. The minimum atomic E-state index is 0.484. The van der Waals surface area contributed by atoms with E-state index in [1.165, 1.54) is 45.0 Å². The van der Waals surface area contributed by atoms with Crippen LogP contribution in [-0.2, 0) is 13.0 Å². The maximum atomic E-state index is 5.92. The van der Waals surface area contributed by atoms with Gasteiger partial charge in [-0.1, -0.05) is 13.0 Å². The van der Waals surface area contributed by atoms with Gasteiger partial charge in [0.05, 0.1) is 5.52 Å². The lowest BCUT2D eigenvalue weighted by Gasteiger charge is -2.20. The van der Waals surface area contributed by atoms with Crippen LogP contribution in [-0.4, -0.2) is 11.1 Å². The maximum absolute atomic E-state index is 5.92. The number of nitrogens with two attached hydrogens (primary N) is 1. The largest absolute Gasteiger partial charge is 0.343 e. The molecule has 1 atom stereocenters. The Balaban J connectivity index is 2.28. The van der Waals surface area contributed by atoms with Crippen molar-refractivity contribution in [2.75, 3.05) is 6.54 Å². The minimum Gasteiger partial charge on any atom is -0.343 e. The van der Waals surface area contributed by atoms with E-state index in [4.69, 9.17) is 5.73 Å². The van der Waals surface area contributed by atoms with Crippen LogP contribution in [0.1, 0.15) is 42.5 Å². The van der Waals surface area contributed by atoms with Crippen LogP contribution in [0.4, 0.5) is 0 Å². The summed E-state index contributed by atoms with van der Waals surface area (Å²) in [4.78, 5) is 0. The average Bonchev–Trinajstić information content (AvgIpc) is 2.68. The van der Waals surface area contributed by atoms with Crippen molar-refractivity contribution in [1.82, 2.24) is 4.57 Å². The molecule has 2 aromatic rings. The van der Waals surface area contributed by atoms with Crippen molar-refractivity contribution in [3.05, 3.63) is 33.4 Å². The first kappa shape index (κ1) is 13.2. The van der Waals surface area contributed by atoms with Crippen LogP contribution < -0.4 is 5.73 Å². The molecule has 0 fully saturated rings. The molecule has 0 saturated heterocycles. The lowest BCUT2D eigenvalue weighted by atomic mass is 9.91. The first-order valence-corrected chi connectivity index (χ1v) is 7.97. The molecule has 1 aromatic carbocycles. The Morgan fingerprint density at radius 1 is 1.42 bits per heavy atom. The van der Waals surface area contributed by atoms with Gasteiger partial charge < -0.3 is 10.3 Å². The van der Waals surface area contributed by atoms with E-state index in [-0.39, 0.29) is 0 Å². The Kier molecular flexibility index (Phi) is 3.44. The van der Waals surface area contributed by atoms with Crippen molar-refractivity contribution in [3.8, 4) is 0 Å². The van der Waals surface area contributed by atoms with Crippen LogP contribution in [0.5, 0.6) is 0 Å². The molecule has 1 unspecified atom stereocenters. The molecule has 0 bridgehead atoms. The van der Waals surface area contributed by atoms with Gasteiger partial charge in [-0.25, -0.2) is 0 Å². The Morgan fingerprint density at radius 2 is 2.21 bits per heavy atom. The molecule has 2 nitrogen and oxygen atoms in total. The molecule has 102 valence electrons. The highest BCUT2D eigenvalue weighted by atomic mass is 79.9. The molecule has 0 saturated carbocycles. The number of aryl methyl sites for hydroxylation is 2. The molecule has 0 radical (unpaired) electrons. The molecule has 0 spiro atoms. The van der Waals surface area contributed by atoms with E-state index in [9.17, 15) is 0 Å². The lowest BCUT2D eigenvalue weighted by molar-refractivity contribution is 0.619. The maximum Gasteiger partial charge on any atom is 0.0526 e. The van der Waals surface area contributed by atoms with Gasteiger partial charge in [-0.05, 0) is 71.8 Å². The summed E-state index contributed by atoms with van der Waals surface area (Å²) in [6.45, 7) is 6.31. The summed E-state index contributed by atoms with van der Waals surface area (Å²) in [5.74, 6) is 0.484. The van der Waals surface area contributed by atoms with Crippen LogP contribution >= 0.6 is 15.9 Å². The third kappa shape index (κ3) is 1.95. The van der Waals surface area contributed by atoms with Crippen molar-refractivity contribution in [1.29, 1.82) is 0 Å². The summed E-state index contributed by atoms with van der Waals surface area (Å²) in [7, 11) is 0. The molecule has 0 aliphatic carbocycles. The number of hydrogen-bond acceptors (Lipinski definition) is 1. The molecule has 3 rings (SSSR count). The second kappa shape index (κ2) is 4.95. The summed E-state index contributed by atoms with van der Waals surface area (Å²) < 4.78 is 3.73. The number of benzene rings is 1. The Morgan fingerprint density at radius 3 is 2.89 bits per heavy atom. The molecule has 1 aliphatic heterocycles. The van der Waals surface area contributed by atoms with E-state index in [1.54, 1.807) is 0 Å². The Bertz CT molecular complexity index is 623. The fourth-order valence-electron chi connectivity index (χ4n) is 3.36. The van der Waals surface area contributed by atoms with E-state index in [0.29, 0.717) is 5.92 Å². The molecule has 1 aliphatic rings.